The van der Waals surface area contributed by atoms with Crippen molar-refractivity contribution in [2.24, 2.45) is 5.92 Å². The highest BCUT2D eigenvalue weighted by molar-refractivity contribution is 7.21. The maximum absolute atomic E-state index is 12.3. The Morgan fingerprint density at radius 2 is 2.17 bits per heavy atom. The molecular formula is C17H18N4OS2. The molecule has 7 heteroatoms. The van der Waals surface area contributed by atoms with Gasteiger partial charge in [-0.1, -0.05) is 17.4 Å². The molecule has 0 aromatic carbocycles. The first-order chi connectivity index (χ1) is 11.8. The van der Waals surface area contributed by atoms with Gasteiger partial charge in [0.15, 0.2) is 5.13 Å². The zero-order valence-corrected chi connectivity index (χ0v) is 14.8. The van der Waals surface area contributed by atoms with Crippen LogP contribution in [0.15, 0.2) is 35.8 Å². The number of aromatic nitrogens is 2. The quantitative estimate of drug-likeness (QED) is 0.777. The second kappa shape index (κ2) is 6.86. The van der Waals surface area contributed by atoms with Crippen LogP contribution in [0.4, 0.5) is 5.13 Å². The summed E-state index contributed by atoms with van der Waals surface area (Å²) in [6, 6.07) is 7.97. The van der Waals surface area contributed by atoms with Gasteiger partial charge in [-0.3, -0.25) is 4.79 Å². The van der Waals surface area contributed by atoms with Gasteiger partial charge in [0.2, 0.25) is 5.91 Å². The number of hydrogen-bond acceptors (Lipinski definition) is 6. The number of carbonyl (C=O) groups excluding carboxylic acids is 1. The third-order valence-corrected chi connectivity index (χ3v) is 6.22. The van der Waals surface area contributed by atoms with Crippen molar-refractivity contribution in [1.82, 2.24) is 15.3 Å². The van der Waals surface area contributed by atoms with Gasteiger partial charge in [-0.05, 0) is 36.4 Å². The first-order valence-corrected chi connectivity index (χ1v) is 9.76. The molecule has 0 atom stereocenters. The van der Waals surface area contributed by atoms with Crippen LogP contribution in [0.2, 0.25) is 0 Å². The molecule has 0 radical (unpaired) electrons. The zero-order valence-electron chi connectivity index (χ0n) is 13.1. The number of thiazole rings is 1. The summed E-state index contributed by atoms with van der Waals surface area (Å²) in [5.74, 6) is 0.280. The highest BCUT2D eigenvalue weighted by atomic mass is 32.1. The molecule has 24 heavy (non-hydrogen) atoms. The fourth-order valence-corrected chi connectivity index (χ4v) is 4.56. The standard InChI is InChI=1S/C17H18N4OS2/c22-15(19-11-13-3-2-10-23-13)12-5-8-21(9-6-12)17-20-14-4-1-7-18-16(14)24-17/h1-4,7,10,12H,5-6,8-9,11H2,(H,19,22). The number of thiophene rings is 1. The lowest BCUT2D eigenvalue weighted by Gasteiger charge is -2.30. The number of nitrogens with one attached hydrogen (secondary N) is 1. The molecule has 1 amide bonds. The SMILES string of the molecule is O=C(NCc1cccs1)C1CCN(c2nc3cccnc3s2)CC1. The predicted molar refractivity (Wildman–Crippen MR) is 98.5 cm³/mol. The van der Waals surface area contributed by atoms with E-state index in [1.54, 1.807) is 28.9 Å². The van der Waals surface area contributed by atoms with Gasteiger partial charge in [0.25, 0.3) is 0 Å². The van der Waals surface area contributed by atoms with Crippen molar-refractivity contribution >= 4 is 44.1 Å². The Morgan fingerprint density at radius 1 is 1.29 bits per heavy atom. The van der Waals surface area contributed by atoms with E-state index in [4.69, 9.17) is 0 Å². The molecule has 1 N–H and O–H groups in total. The third kappa shape index (κ3) is 3.27. The molecule has 5 nitrogen and oxygen atoms in total. The summed E-state index contributed by atoms with van der Waals surface area (Å²) in [5.41, 5.74) is 0.952. The summed E-state index contributed by atoms with van der Waals surface area (Å²) in [7, 11) is 0. The van der Waals surface area contributed by atoms with Crippen molar-refractivity contribution in [2.45, 2.75) is 19.4 Å². The van der Waals surface area contributed by atoms with Crippen LogP contribution < -0.4 is 10.2 Å². The highest BCUT2D eigenvalue weighted by Gasteiger charge is 2.26. The van der Waals surface area contributed by atoms with Gasteiger partial charge in [-0.15, -0.1) is 11.3 Å². The number of carbonyl (C=O) groups is 1. The summed E-state index contributed by atoms with van der Waals surface area (Å²) in [6.45, 7) is 2.38. The van der Waals surface area contributed by atoms with Crippen LogP contribution in [-0.2, 0) is 11.3 Å². The zero-order chi connectivity index (χ0) is 16.4. The Balaban J connectivity index is 1.33. The van der Waals surface area contributed by atoms with Gasteiger partial charge < -0.3 is 10.2 Å². The fourth-order valence-electron chi connectivity index (χ4n) is 2.96. The predicted octanol–water partition coefficient (Wildman–Crippen LogP) is 3.29. The Labute approximate surface area is 148 Å². The van der Waals surface area contributed by atoms with E-state index in [1.165, 1.54) is 4.88 Å². The molecular weight excluding hydrogens is 340 g/mol. The minimum atomic E-state index is 0.105. The van der Waals surface area contributed by atoms with Gasteiger partial charge in [-0.25, -0.2) is 9.97 Å². The monoisotopic (exact) mass is 358 g/mol. The average molecular weight is 358 g/mol. The molecule has 4 heterocycles. The van der Waals surface area contributed by atoms with E-state index < -0.39 is 0 Å². The number of hydrogen-bond donors (Lipinski definition) is 1. The Kier molecular flexibility index (Phi) is 4.44. The molecule has 3 aromatic rings. The smallest absolute Gasteiger partial charge is 0.223 e. The van der Waals surface area contributed by atoms with Gasteiger partial charge in [0.1, 0.15) is 10.3 Å². The summed E-state index contributed by atoms with van der Waals surface area (Å²) >= 11 is 3.30. The van der Waals surface area contributed by atoms with E-state index >= 15 is 0 Å². The van der Waals surface area contributed by atoms with Crippen LogP contribution in [0.5, 0.6) is 0 Å². The van der Waals surface area contributed by atoms with Crippen molar-refractivity contribution in [3.05, 3.63) is 40.7 Å². The summed E-state index contributed by atoms with van der Waals surface area (Å²) < 4.78 is 0. The van der Waals surface area contributed by atoms with Crippen LogP contribution in [0, 0.1) is 5.92 Å². The summed E-state index contributed by atoms with van der Waals surface area (Å²) in [4.78, 5) is 25.8. The molecule has 3 aromatic heterocycles. The van der Waals surface area contributed by atoms with Gasteiger partial charge in [-0.2, -0.15) is 0 Å². The van der Waals surface area contributed by atoms with Crippen molar-refractivity contribution in [3.63, 3.8) is 0 Å². The summed E-state index contributed by atoms with van der Waals surface area (Å²) in [6.07, 6.45) is 3.55. The van der Waals surface area contributed by atoms with Crippen molar-refractivity contribution in [3.8, 4) is 0 Å². The van der Waals surface area contributed by atoms with Crippen LogP contribution in [-0.4, -0.2) is 29.0 Å². The molecule has 1 aliphatic rings. The molecule has 0 saturated carbocycles. The first-order valence-electron chi connectivity index (χ1n) is 8.06. The topological polar surface area (TPSA) is 58.1 Å². The minimum absolute atomic E-state index is 0.105. The average Bonchev–Trinajstić information content (AvgIpc) is 3.29. The van der Waals surface area contributed by atoms with Gasteiger partial charge >= 0.3 is 0 Å². The van der Waals surface area contributed by atoms with Crippen LogP contribution in [0.25, 0.3) is 10.3 Å². The first kappa shape index (κ1) is 15.5. The normalized spacial score (nSPS) is 15.8. The van der Waals surface area contributed by atoms with E-state index in [0.29, 0.717) is 6.54 Å². The van der Waals surface area contributed by atoms with Crippen molar-refractivity contribution < 1.29 is 4.79 Å². The largest absolute Gasteiger partial charge is 0.351 e. The maximum Gasteiger partial charge on any atom is 0.223 e. The lowest BCUT2D eigenvalue weighted by atomic mass is 9.96. The van der Waals surface area contributed by atoms with E-state index in [-0.39, 0.29) is 11.8 Å². The maximum atomic E-state index is 12.3. The molecule has 1 saturated heterocycles. The van der Waals surface area contributed by atoms with E-state index in [9.17, 15) is 4.79 Å². The number of nitrogens with zero attached hydrogens (tertiary/aromatic N) is 3. The Hall–Kier alpha value is -1.99. The number of rotatable bonds is 4. The number of pyridine rings is 1. The molecule has 0 spiro atoms. The number of piperidine rings is 1. The van der Waals surface area contributed by atoms with E-state index in [2.05, 4.69) is 26.3 Å². The van der Waals surface area contributed by atoms with E-state index in [0.717, 1.165) is 41.4 Å². The number of fused-ring (bicyclic) bond motifs is 1. The molecule has 1 fully saturated rings. The molecule has 0 unspecified atom stereocenters. The van der Waals surface area contributed by atoms with Crippen molar-refractivity contribution in [2.75, 3.05) is 18.0 Å². The number of amides is 1. The third-order valence-electron chi connectivity index (χ3n) is 4.31. The lowest BCUT2D eigenvalue weighted by Crippen LogP contribution is -2.40. The molecule has 0 aliphatic carbocycles. The summed E-state index contributed by atoms with van der Waals surface area (Å²) in [5, 5.41) is 6.11. The molecule has 1 aliphatic heterocycles. The van der Waals surface area contributed by atoms with Crippen LogP contribution in [0.1, 0.15) is 17.7 Å². The molecule has 124 valence electrons. The molecule has 0 bridgehead atoms. The fraction of sp³-hybridized carbons (Fsp3) is 0.353. The number of anilines is 1. The second-order valence-electron chi connectivity index (χ2n) is 5.88. The van der Waals surface area contributed by atoms with Gasteiger partial charge in [0, 0.05) is 30.1 Å². The molecule has 4 rings (SSSR count). The van der Waals surface area contributed by atoms with Crippen molar-refractivity contribution in [1.29, 1.82) is 0 Å². The van der Waals surface area contributed by atoms with Crippen LogP contribution >= 0.6 is 22.7 Å². The van der Waals surface area contributed by atoms with Gasteiger partial charge in [0.05, 0.1) is 6.54 Å². The second-order valence-corrected chi connectivity index (χ2v) is 7.87. The Bertz CT molecular complexity index is 789. The lowest BCUT2D eigenvalue weighted by molar-refractivity contribution is -0.125. The van der Waals surface area contributed by atoms with E-state index in [1.807, 2.05) is 23.6 Å². The highest BCUT2D eigenvalue weighted by Crippen LogP contribution is 2.30. The Morgan fingerprint density at radius 3 is 2.92 bits per heavy atom. The minimum Gasteiger partial charge on any atom is -0.351 e. The van der Waals surface area contributed by atoms with Crippen LogP contribution in [0.3, 0.4) is 0 Å².